The second-order valence-electron chi connectivity index (χ2n) is 3.80. The van der Waals surface area contributed by atoms with E-state index in [2.05, 4.69) is 9.44 Å². The first-order valence-electron chi connectivity index (χ1n) is 5.47. The fourth-order valence-electron chi connectivity index (χ4n) is 1.45. The number of carboxylic acid groups (broad SMARTS) is 1. The first kappa shape index (κ1) is 14.5. The number of aryl methyl sites for hydroxylation is 1. The van der Waals surface area contributed by atoms with Crippen LogP contribution in [0.4, 0.5) is 5.69 Å². The molecule has 3 N–H and O–H groups in total. The van der Waals surface area contributed by atoms with Gasteiger partial charge < -0.3 is 5.11 Å². The van der Waals surface area contributed by atoms with Gasteiger partial charge in [0.05, 0.1) is 11.3 Å². The van der Waals surface area contributed by atoms with Gasteiger partial charge in [0.25, 0.3) is 10.2 Å². The van der Waals surface area contributed by atoms with Gasteiger partial charge in [-0.25, -0.2) is 4.79 Å². The van der Waals surface area contributed by atoms with Crippen LogP contribution in [0.2, 0.25) is 0 Å². The predicted octanol–water partition coefficient (Wildman–Crippen LogP) is 1.35. The van der Waals surface area contributed by atoms with Crippen LogP contribution in [0, 0.1) is 6.92 Å². The fourth-order valence-corrected chi connectivity index (χ4v) is 2.46. The second-order valence-corrected chi connectivity index (χ2v) is 5.30. The van der Waals surface area contributed by atoms with Gasteiger partial charge in [-0.1, -0.05) is 19.1 Å². The smallest absolute Gasteiger partial charge is 0.338 e. The van der Waals surface area contributed by atoms with Crippen LogP contribution in [0.1, 0.15) is 29.3 Å². The molecule has 0 saturated heterocycles. The van der Waals surface area contributed by atoms with Crippen molar-refractivity contribution in [1.82, 2.24) is 4.72 Å². The monoisotopic (exact) mass is 272 g/mol. The molecule has 1 rings (SSSR count). The SMILES string of the molecule is CCCNS(=O)(=O)Nc1cccc(C)c1C(=O)O. The Labute approximate surface area is 106 Å². The van der Waals surface area contributed by atoms with Gasteiger partial charge in [0.1, 0.15) is 0 Å². The molecule has 0 aliphatic heterocycles. The summed E-state index contributed by atoms with van der Waals surface area (Å²) in [7, 11) is -3.73. The zero-order chi connectivity index (χ0) is 13.8. The molecule has 0 bridgehead atoms. The molecule has 1 aromatic carbocycles. The highest BCUT2D eigenvalue weighted by atomic mass is 32.2. The lowest BCUT2D eigenvalue weighted by Gasteiger charge is -2.12. The summed E-state index contributed by atoms with van der Waals surface area (Å²) in [5.74, 6) is -1.17. The third-order valence-electron chi connectivity index (χ3n) is 2.27. The van der Waals surface area contributed by atoms with E-state index in [1.807, 2.05) is 6.92 Å². The molecule has 0 atom stereocenters. The molecule has 7 heteroatoms. The van der Waals surface area contributed by atoms with Crippen molar-refractivity contribution in [2.75, 3.05) is 11.3 Å². The number of nitrogens with one attached hydrogen (secondary N) is 2. The highest BCUT2D eigenvalue weighted by Crippen LogP contribution is 2.20. The third-order valence-corrected chi connectivity index (χ3v) is 3.35. The van der Waals surface area contributed by atoms with E-state index in [4.69, 9.17) is 5.11 Å². The van der Waals surface area contributed by atoms with Crippen LogP contribution in [0.25, 0.3) is 0 Å². The number of carboxylic acids is 1. The molecule has 0 heterocycles. The minimum Gasteiger partial charge on any atom is -0.478 e. The molecule has 6 nitrogen and oxygen atoms in total. The van der Waals surface area contributed by atoms with Gasteiger partial charge in [-0.15, -0.1) is 0 Å². The van der Waals surface area contributed by atoms with Crippen molar-refractivity contribution in [2.45, 2.75) is 20.3 Å². The van der Waals surface area contributed by atoms with Crippen molar-refractivity contribution >= 4 is 21.9 Å². The largest absolute Gasteiger partial charge is 0.478 e. The molecule has 0 amide bonds. The molecule has 100 valence electrons. The number of anilines is 1. The Bertz CT molecular complexity index is 540. The predicted molar refractivity (Wildman–Crippen MR) is 69.0 cm³/mol. The number of carbonyl (C=O) groups is 1. The molecule has 0 unspecified atom stereocenters. The zero-order valence-electron chi connectivity index (χ0n) is 10.2. The Morgan fingerprint density at radius 3 is 2.61 bits per heavy atom. The Morgan fingerprint density at radius 1 is 1.39 bits per heavy atom. The van der Waals surface area contributed by atoms with Crippen molar-refractivity contribution in [2.24, 2.45) is 0 Å². The molecule has 0 aromatic heterocycles. The van der Waals surface area contributed by atoms with Crippen LogP contribution in [0.15, 0.2) is 18.2 Å². The van der Waals surface area contributed by atoms with Crippen molar-refractivity contribution in [1.29, 1.82) is 0 Å². The van der Waals surface area contributed by atoms with E-state index in [1.54, 1.807) is 19.1 Å². The van der Waals surface area contributed by atoms with E-state index in [0.29, 0.717) is 18.5 Å². The van der Waals surface area contributed by atoms with E-state index in [1.165, 1.54) is 6.07 Å². The summed E-state index contributed by atoms with van der Waals surface area (Å²) in [4.78, 5) is 11.1. The highest BCUT2D eigenvalue weighted by Gasteiger charge is 2.17. The Balaban J connectivity index is 3.05. The first-order valence-corrected chi connectivity index (χ1v) is 6.96. The van der Waals surface area contributed by atoms with Crippen LogP contribution in [0.3, 0.4) is 0 Å². The number of aromatic carboxylic acids is 1. The van der Waals surface area contributed by atoms with E-state index in [0.717, 1.165) is 0 Å². The lowest BCUT2D eigenvalue weighted by molar-refractivity contribution is 0.0697. The van der Waals surface area contributed by atoms with Crippen LogP contribution in [-0.2, 0) is 10.2 Å². The van der Waals surface area contributed by atoms with Gasteiger partial charge >= 0.3 is 5.97 Å². The Kier molecular flexibility index (Phi) is 4.69. The van der Waals surface area contributed by atoms with Gasteiger partial charge in [0.2, 0.25) is 0 Å². The summed E-state index contributed by atoms with van der Waals surface area (Å²) in [6.45, 7) is 3.74. The van der Waals surface area contributed by atoms with E-state index < -0.39 is 16.2 Å². The number of hydrogen-bond acceptors (Lipinski definition) is 3. The summed E-state index contributed by atoms with van der Waals surface area (Å²) in [6.07, 6.45) is 0.653. The first-order chi connectivity index (χ1) is 8.37. The van der Waals surface area contributed by atoms with Crippen molar-refractivity contribution in [3.8, 4) is 0 Å². The summed E-state index contributed by atoms with van der Waals surface area (Å²) in [5, 5.41) is 9.06. The second kappa shape index (κ2) is 5.83. The number of hydrogen-bond donors (Lipinski definition) is 3. The minimum absolute atomic E-state index is 0.0422. The molecule has 0 fully saturated rings. The van der Waals surface area contributed by atoms with Crippen LogP contribution in [0.5, 0.6) is 0 Å². The maximum absolute atomic E-state index is 11.6. The molecule has 0 aliphatic rings. The van der Waals surface area contributed by atoms with Crippen LogP contribution < -0.4 is 9.44 Å². The molecule has 18 heavy (non-hydrogen) atoms. The summed E-state index contributed by atoms with van der Waals surface area (Å²) >= 11 is 0. The van der Waals surface area contributed by atoms with E-state index in [-0.39, 0.29) is 11.3 Å². The van der Waals surface area contributed by atoms with Gasteiger partial charge in [-0.2, -0.15) is 13.1 Å². The quantitative estimate of drug-likeness (QED) is 0.728. The summed E-state index contributed by atoms with van der Waals surface area (Å²) in [5.41, 5.74) is 0.517. The summed E-state index contributed by atoms with van der Waals surface area (Å²) < 4.78 is 27.8. The van der Waals surface area contributed by atoms with Crippen LogP contribution >= 0.6 is 0 Å². The van der Waals surface area contributed by atoms with Gasteiger partial charge in [0.15, 0.2) is 0 Å². The zero-order valence-corrected chi connectivity index (χ0v) is 11.0. The molecule has 0 aliphatic carbocycles. The molecule has 0 saturated carbocycles. The Hall–Kier alpha value is -1.60. The standard InChI is InChI=1S/C11H16N2O4S/c1-3-7-12-18(16,17)13-9-6-4-5-8(2)10(9)11(14)15/h4-6,12-13H,3,7H2,1-2H3,(H,14,15). The lowest BCUT2D eigenvalue weighted by Crippen LogP contribution is -2.31. The molecule has 0 radical (unpaired) electrons. The Morgan fingerprint density at radius 2 is 2.06 bits per heavy atom. The maximum Gasteiger partial charge on any atom is 0.338 e. The van der Waals surface area contributed by atoms with Gasteiger partial charge in [0, 0.05) is 6.54 Å². The highest BCUT2D eigenvalue weighted by molar-refractivity contribution is 7.90. The fraction of sp³-hybridized carbons (Fsp3) is 0.364. The topological polar surface area (TPSA) is 95.5 Å². The van der Waals surface area contributed by atoms with E-state index >= 15 is 0 Å². The average molecular weight is 272 g/mol. The molecular weight excluding hydrogens is 256 g/mol. The van der Waals surface area contributed by atoms with Gasteiger partial charge in [-0.05, 0) is 25.0 Å². The minimum atomic E-state index is -3.73. The average Bonchev–Trinajstić information content (AvgIpc) is 2.25. The normalized spacial score (nSPS) is 11.2. The summed E-state index contributed by atoms with van der Waals surface area (Å²) in [6, 6.07) is 4.63. The van der Waals surface area contributed by atoms with Crippen molar-refractivity contribution in [3.63, 3.8) is 0 Å². The van der Waals surface area contributed by atoms with Gasteiger partial charge in [-0.3, -0.25) is 4.72 Å². The molecule has 1 aromatic rings. The lowest BCUT2D eigenvalue weighted by atomic mass is 10.1. The van der Waals surface area contributed by atoms with Crippen LogP contribution in [-0.4, -0.2) is 26.0 Å². The maximum atomic E-state index is 11.6. The number of benzene rings is 1. The van der Waals surface area contributed by atoms with Crippen molar-refractivity contribution in [3.05, 3.63) is 29.3 Å². The van der Waals surface area contributed by atoms with Crippen molar-refractivity contribution < 1.29 is 18.3 Å². The third kappa shape index (κ3) is 3.71. The molecular formula is C11H16N2O4S. The molecule has 0 spiro atoms. The number of rotatable bonds is 6. The van der Waals surface area contributed by atoms with E-state index in [9.17, 15) is 13.2 Å².